The van der Waals surface area contributed by atoms with Crippen LogP contribution in [0.15, 0.2) is 24.3 Å². The number of rotatable bonds is 4. The molecule has 1 aliphatic rings. The normalized spacial score (nSPS) is 19.2. The number of nitrogens with zero attached hydrogens (tertiary/aromatic N) is 1. The van der Waals surface area contributed by atoms with Crippen LogP contribution in [0.4, 0.5) is 4.39 Å². The number of nitrogens with two attached hydrogens (primary N) is 1. The van der Waals surface area contributed by atoms with Gasteiger partial charge in [-0.1, -0.05) is 12.1 Å². The number of carbonyl (C=O) groups excluding carboxylic acids is 1. The first kappa shape index (κ1) is 13.0. The number of hydrogen-bond acceptors (Lipinski definition) is 3. The number of halogens is 1. The van der Waals surface area contributed by atoms with Gasteiger partial charge in [-0.15, -0.1) is 0 Å². The average molecular weight is 252 g/mol. The number of carbonyl (C=O) groups is 1. The Morgan fingerprint density at radius 3 is 3.11 bits per heavy atom. The molecule has 0 radical (unpaired) electrons. The predicted octanol–water partition coefficient (Wildman–Crippen LogP) is 1.25. The van der Waals surface area contributed by atoms with E-state index < -0.39 is 0 Å². The van der Waals surface area contributed by atoms with Crippen molar-refractivity contribution in [3.63, 3.8) is 0 Å². The van der Waals surface area contributed by atoms with E-state index >= 15 is 0 Å². The van der Waals surface area contributed by atoms with E-state index in [1.807, 2.05) is 0 Å². The summed E-state index contributed by atoms with van der Waals surface area (Å²) in [6.07, 6.45) is 2.09. The van der Waals surface area contributed by atoms with Crippen molar-refractivity contribution in [3.8, 4) is 0 Å². The van der Waals surface area contributed by atoms with E-state index in [-0.39, 0.29) is 24.2 Å². The lowest BCUT2D eigenvalue weighted by Gasteiger charge is -2.23. The zero-order valence-corrected chi connectivity index (χ0v) is 10.1. The highest BCUT2D eigenvalue weighted by molar-refractivity contribution is 5.79. The van der Waals surface area contributed by atoms with Crippen LogP contribution < -0.4 is 5.90 Å². The molecule has 1 unspecified atom stereocenters. The van der Waals surface area contributed by atoms with Crippen LogP contribution in [0.25, 0.3) is 0 Å². The van der Waals surface area contributed by atoms with Crippen LogP contribution in [-0.4, -0.2) is 30.0 Å². The fraction of sp³-hybridized carbons (Fsp3) is 0.462. The first-order valence-corrected chi connectivity index (χ1v) is 6.06. The molecule has 0 aliphatic carbocycles. The van der Waals surface area contributed by atoms with Gasteiger partial charge >= 0.3 is 0 Å². The van der Waals surface area contributed by atoms with Crippen molar-refractivity contribution in [2.24, 2.45) is 5.90 Å². The minimum atomic E-state index is -0.316. The molecule has 1 saturated heterocycles. The quantitative estimate of drug-likeness (QED) is 0.820. The first-order valence-electron chi connectivity index (χ1n) is 6.06. The van der Waals surface area contributed by atoms with Gasteiger partial charge in [0.2, 0.25) is 5.91 Å². The third-order valence-corrected chi connectivity index (χ3v) is 3.23. The summed E-state index contributed by atoms with van der Waals surface area (Å²) in [4.78, 5) is 18.5. The summed E-state index contributed by atoms with van der Waals surface area (Å²) in [6.45, 7) is 1.08. The molecule has 0 bridgehead atoms. The molecule has 1 aromatic rings. The molecule has 5 heteroatoms. The summed E-state index contributed by atoms with van der Waals surface area (Å²) < 4.78 is 13.0. The molecule has 2 N–H and O–H groups in total. The maximum absolute atomic E-state index is 13.0. The summed E-state index contributed by atoms with van der Waals surface area (Å²) in [7, 11) is 0. The second kappa shape index (κ2) is 5.93. The van der Waals surface area contributed by atoms with Crippen molar-refractivity contribution in [1.29, 1.82) is 0 Å². The van der Waals surface area contributed by atoms with Crippen LogP contribution in [0, 0.1) is 5.82 Å². The molecule has 1 aliphatic heterocycles. The molecule has 0 saturated carbocycles. The van der Waals surface area contributed by atoms with Gasteiger partial charge in [-0.3, -0.25) is 4.79 Å². The smallest absolute Gasteiger partial charge is 0.227 e. The summed E-state index contributed by atoms with van der Waals surface area (Å²) in [5, 5.41) is 0. The third kappa shape index (κ3) is 3.05. The van der Waals surface area contributed by atoms with E-state index in [9.17, 15) is 9.18 Å². The molecule has 2 rings (SSSR count). The lowest BCUT2D eigenvalue weighted by molar-refractivity contribution is -0.132. The highest BCUT2D eigenvalue weighted by Crippen LogP contribution is 2.18. The first-order chi connectivity index (χ1) is 8.70. The lowest BCUT2D eigenvalue weighted by atomic mass is 10.1. The molecule has 0 aromatic heterocycles. The SMILES string of the molecule is NOCC1CCCN1C(=O)Cc1cccc(F)c1. The minimum Gasteiger partial charge on any atom is -0.337 e. The van der Waals surface area contributed by atoms with Crippen LogP contribution in [0.2, 0.25) is 0 Å². The number of hydrogen-bond donors (Lipinski definition) is 1. The fourth-order valence-electron chi connectivity index (χ4n) is 2.37. The van der Waals surface area contributed by atoms with Gasteiger partial charge in [0.1, 0.15) is 5.82 Å². The van der Waals surface area contributed by atoms with E-state index in [0.717, 1.165) is 19.4 Å². The number of likely N-dealkylation sites (tertiary alicyclic amines) is 1. The molecular formula is C13H17FN2O2. The van der Waals surface area contributed by atoms with Crippen molar-refractivity contribution in [2.45, 2.75) is 25.3 Å². The topological polar surface area (TPSA) is 55.6 Å². The highest BCUT2D eigenvalue weighted by Gasteiger charge is 2.28. The predicted molar refractivity (Wildman–Crippen MR) is 65.0 cm³/mol. The lowest BCUT2D eigenvalue weighted by Crippen LogP contribution is -2.39. The molecule has 1 heterocycles. The fourth-order valence-corrected chi connectivity index (χ4v) is 2.37. The number of benzene rings is 1. The second-order valence-electron chi connectivity index (χ2n) is 4.52. The van der Waals surface area contributed by atoms with E-state index in [4.69, 9.17) is 5.90 Å². The van der Waals surface area contributed by atoms with Gasteiger partial charge in [0, 0.05) is 6.54 Å². The van der Waals surface area contributed by atoms with Crippen LogP contribution in [0.3, 0.4) is 0 Å². The van der Waals surface area contributed by atoms with Crippen molar-refractivity contribution < 1.29 is 14.0 Å². The maximum atomic E-state index is 13.0. The second-order valence-corrected chi connectivity index (χ2v) is 4.52. The third-order valence-electron chi connectivity index (χ3n) is 3.23. The van der Waals surface area contributed by atoms with Gasteiger partial charge in [-0.25, -0.2) is 10.3 Å². The van der Waals surface area contributed by atoms with Crippen LogP contribution in [-0.2, 0) is 16.1 Å². The van der Waals surface area contributed by atoms with Gasteiger partial charge in [-0.05, 0) is 30.5 Å². The molecular weight excluding hydrogens is 235 g/mol. The summed E-state index contributed by atoms with van der Waals surface area (Å²) >= 11 is 0. The van der Waals surface area contributed by atoms with Crippen LogP contribution in [0.5, 0.6) is 0 Å². The molecule has 0 spiro atoms. The van der Waals surface area contributed by atoms with Gasteiger partial charge in [0.05, 0.1) is 19.1 Å². The molecule has 1 amide bonds. The van der Waals surface area contributed by atoms with Gasteiger partial charge in [-0.2, -0.15) is 0 Å². The standard InChI is InChI=1S/C13H17FN2O2/c14-11-4-1-3-10(7-11)8-13(17)16-6-2-5-12(16)9-18-15/h1,3-4,7,12H,2,5-6,8-9,15H2. The van der Waals surface area contributed by atoms with Crippen LogP contribution >= 0.6 is 0 Å². The van der Waals surface area contributed by atoms with E-state index in [0.29, 0.717) is 12.2 Å². The Bertz CT molecular complexity index is 425. The monoisotopic (exact) mass is 252 g/mol. The van der Waals surface area contributed by atoms with E-state index in [1.54, 1.807) is 17.0 Å². The van der Waals surface area contributed by atoms with Crippen molar-refractivity contribution in [3.05, 3.63) is 35.6 Å². The Morgan fingerprint density at radius 1 is 1.56 bits per heavy atom. The van der Waals surface area contributed by atoms with Crippen molar-refractivity contribution in [2.75, 3.05) is 13.2 Å². The summed E-state index contributed by atoms with van der Waals surface area (Å²) in [6, 6.07) is 6.18. The zero-order valence-electron chi connectivity index (χ0n) is 10.1. The maximum Gasteiger partial charge on any atom is 0.227 e. The Morgan fingerprint density at radius 2 is 2.39 bits per heavy atom. The van der Waals surface area contributed by atoms with Crippen molar-refractivity contribution >= 4 is 5.91 Å². The Balaban J connectivity index is 1.99. The summed E-state index contributed by atoms with van der Waals surface area (Å²) in [5.74, 6) is 4.74. The number of amides is 1. The van der Waals surface area contributed by atoms with Gasteiger partial charge in [0.15, 0.2) is 0 Å². The molecule has 4 nitrogen and oxygen atoms in total. The van der Waals surface area contributed by atoms with Gasteiger partial charge < -0.3 is 9.74 Å². The zero-order chi connectivity index (χ0) is 13.0. The molecule has 1 fully saturated rings. The average Bonchev–Trinajstić information content (AvgIpc) is 2.78. The van der Waals surface area contributed by atoms with E-state index in [2.05, 4.69) is 4.84 Å². The highest BCUT2D eigenvalue weighted by atomic mass is 19.1. The molecule has 1 atom stereocenters. The Labute approximate surface area is 105 Å². The molecule has 1 aromatic carbocycles. The minimum absolute atomic E-state index is 0.000139. The Hall–Kier alpha value is -1.46. The largest absolute Gasteiger partial charge is 0.337 e. The van der Waals surface area contributed by atoms with Crippen molar-refractivity contribution in [1.82, 2.24) is 4.90 Å². The van der Waals surface area contributed by atoms with Crippen LogP contribution in [0.1, 0.15) is 18.4 Å². The molecule has 98 valence electrons. The Kier molecular flexibility index (Phi) is 4.28. The van der Waals surface area contributed by atoms with Gasteiger partial charge in [0.25, 0.3) is 0 Å². The molecule has 18 heavy (non-hydrogen) atoms. The summed E-state index contributed by atoms with van der Waals surface area (Å²) in [5.41, 5.74) is 0.694. The van der Waals surface area contributed by atoms with E-state index in [1.165, 1.54) is 12.1 Å².